The van der Waals surface area contributed by atoms with Gasteiger partial charge in [0, 0.05) is 20.1 Å². The van der Waals surface area contributed by atoms with Gasteiger partial charge in [-0.3, -0.25) is 14.3 Å². The van der Waals surface area contributed by atoms with Crippen LogP contribution in [0.15, 0.2) is 53.6 Å². The zero-order valence-corrected chi connectivity index (χ0v) is 15.1. The van der Waals surface area contributed by atoms with Crippen LogP contribution in [0.1, 0.15) is 16.1 Å². The number of hydrogen-bond donors (Lipinski definition) is 1. The lowest BCUT2D eigenvalue weighted by Gasteiger charge is -2.09. The van der Waals surface area contributed by atoms with E-state index >= 15 is 0 Å². The molecule has 1 amide bonds. The minimum atomic E-state index is -0.469. The molecule has 0 atom stereocenters. The van der Waals surface area contributed by atoms with Gasteiger partial charge in [-0.05, 0) is 31.2 Å². The van der Waals surface area contributed by atoms with E-state index in [0.717, 1.165) is 16.6 Å². The number of nitrogens with zero attached hydrogens (tertiary/aromatic N) is 4. The number of aromatic nitrogens is 4. The molecule has 0 unspecified atom stereocenters. The summed E-state index contributed by atoms with van der Waals surface area (Å²) in [5.74, 6) is -0.469. The summed E-state index contributed by atoms with van der Waals surface area (Å²) in [7, 11) is 1.73. The second kappa shape index (κ2) is 6.68. The first-order valence-electron chi connectivity index (χ1n) is 8.70. The maximum Gasteiger partial charge on any atom is 0.275 e. The van der Waals surface area contributed by atoms with Crippen molar-refractivity contribution in [3.63, 3.8) is 0 Å². The standard InChI is InChI=1S/C20H19N5O2/c1-13-7-8-16-14(11-13)19(26)18(23-24(16)2)20(27)21-9-10-25-12-22-15-5-3-4-6-17(15)25/h3-8,11-12H,9-10H2,1-2H3,(H,21,27). The highest BCUT2D eigenvalue weighted by Gasteiger charge is 2.16. The molecule has 0 aliphatic carbocycles. The van der Waals surface area contributed by atoms with Crippen molar-refractivity contribution in [1.82, 2.24) is 24.6 Å². The molecule has 0 saturated carbocycles. The third-order valence-corrected chi connectivity index (χ3v) is 4.59. The molecule has 2 heterocycles. The lowest BCUT2D eigenvalue weighted by Crippen LogP contribution is -2.33. The molecule has 0 aliphatic rings. The summed E-state index contributed by atoms with van der Waals surface area (Å²) in [5, 5.41) is 7.45. The molecule has 0 aliphatic heterocycles. The van der Waals surface area contributed by atoms with Gasteiger partial charge in [0.2, 0.25) is 5.43 Å². The number of aryl methyl sites for hydroxylation is 2. The number of fused-ring (bicyclic) bond motifs is 2. The van der Waals surface area contributed by atoms with Crippen LogP contribution in [-0.2, 0) is 13.6 Å². The molecular formula is C20H19N5O2. The molecule has 2 aromatic carbocycles. The minimum absolute atomic E-state index is 0.0916. The number of para-hydroxylation sites is 2. The number of hydrogen-bond acceptors (Lipinski definition) is 4. The van der Waals surface area contributed by atoms with Gasteiger partial charge in [0.15, 0.2) is 5.69 Å². The second-order valence-electron chi connectivity index (χ2n) is 6.50. The van der Waals surface area contributed by atoms with Gasteiger partial charge in [-0.15, -0.1) is 0 Å². The highest BCUT2D eigenvalue weighted by Crippen LogP contribution is 2.12. The molecule has 0 bridgehead atoms. The molecule has 27 heavy (non-hydrogen) atoms. The van der Waals surface area contributed by atoms with Gasteiger partial charge in [-0.25, -0.2) is 4.98 Å². The predicted molar refractivity (Wildman–Crippen MR) is 104 cm³/mol. The van der Waals surface area contributed by atoms with Crippen molar-refractivity contribution < 1.29 is 4.79 Å². The molecule has 1 N–H and O–H groups in total. The number of amides is 1. The van der Waals surface area contributed by atoms with Crippen LogP contribution < -0.4 is 10.7 Å². The first-order valence-corrected chi connectivity index (χ1v) is 8.70. The fraction of sp³-hybridized carbons (Fsp3) is 0.200. The Morgan fingerprint density at radius 1 is 1.15 bits per heavy atom. The lowest BCUT2D eigenvalue weighted by atomic mass is 10.1. The van der Waals surface area contributed by atoms with Crippen LogP contribution in [0.3, 0.4) is 0 Å². The van der Waals surface area contributed by atoms with Crippen molar-refractivity contribution in [2.45, 2.75) is 13.5 Å². The van der Waals surface area contributed by atoms with Crippen molar-refractivity contribution in [3.8, 4) is 0 Å². The first-order chi connectivity index (χ1) is 13.0. The Kier molecular flexibility index (Phi) is 4.19. The van der Waals surface area contributed by atoms with Gasteiger partial charge >= 0.3 is 0 Å². The summed E-state index contributed by atoms with van der Waals surface area (Å²) in [6.45, 7) is 2.84. The smallest absolute Gasteiger partial charge is 0.275 e. The van der Waals surface area contributed by atoms with Gasteiger partial charge in [0.1, 0.15) is 0 Å². The van der Waals surface area contributed by atoms with Crippen LogP contribution >= 0.6 is 0 Å². The van der Waals surface area contributed by atoms with Crippen LogP contribution in [0.4, 0.5) is 0 Å². The number of imidazole rings is 1. The van der Waals surface area contributed by atoms with Gasteiger partial charge in [0.25, 0.3) is 5.91 Å². The Balaban J connectivity index is 1.55. The molecule has 0 saturated heterocycles. The highest BCUT2D eigenvalue weighted by atomic mass is 16.2. The molecule has 136 valence electrons. The quantitative estimate of drug-likeness (QED) is 0.603. The van der Waals surface area contributed by atoms with Crippen LogP contribution in [0.5, 0.6) is 0 Å². The summed E-state index contributed by atoms with van der Waals surface area (Å²) < 4.78 is 3.53. The minimum Gasteiger partial charge on any atom is -0.349 e. The molecule has 4 aromatic rings. The second-order valence-corrected chi connectivity index (χ2v) is 6.50. The van der Waals surface area contributed by atoms with E-state index < -0.39 is 5.91 Å². The average molecular weight is 361 g/mol. The number of carbonyl (C=O) groups excluding carboxylic acids is 1. The first kappa shape index (κ1) is 17.0. The van der Waals surface area contributed by atoms with Crippen molar-refractivity contribution >= 4 is 27.8 Å². The number of carbonyl (C=O) groups is 1. The average Bonchev–Trinajstić information content (AvgIpc) is 3.07. The molecular weight excluding hydrogens is 342 g/mol. The largest absolute Gasteiger partial charge is 0.349 e. The van der Waals surface area contributed by atoms with Gasteiger partial charge in [-0.2, -0.15) is 5.10 Å². The molecule has 0 fully saturated rings. The molecule has 7 nitrogen and oxygen atoms in total. The number of benzene rings is 2. The zero-order chi connectivity index (χ0) is 19.0. The van der Waals surface area contributed by atoms with Crippen molar-refractivity contribution in [2.24, 2.45) is 7.05 Å². The summed E-state index contributed by atoms with van der Waals surface area (Å²) in [6, 6.07) is 13.3. The summed E-state index contributed by atoms with van der Waals surface area (Å²) in [6.07, 6.45) is 1.74. The van der Waals surface area contributed by atoms with E-state index in [-0.39, 0.29) is 11.1 Å². The van der Waals surface area contributed by atoms with E-state index in [1.807, 2.05) is 47.9 Å². The fourth-order valence-corrected chi connectivity index (χ4v) is 3.20. The van der Waals surface area contributed by atoms with E-state index in [4.69, 9.17) is 0 Å². The van der Waals surface area contributed by atoms with Gasteiger partial charge in [-0.1, -0.05) is 23.8 Å². The third-order valence-electron chi connectivity index (χ3n) is 4.59. The summed E-state index contributed by atoms with van der Waals surface area (Å²) in [5.41, 5.74) is 3.13. The Hall–Kier alpha value is -3.48. The Labute approximate surface area is 155 Å². The number of rotatable bonds is 4. The maximum atomic E-state index is 12.7. The van der Waals surface area contributed by atoms with E-state index in [0.29, 0.717) is 24.0 Å². The maximum absolute atomic E-state index is 12.7. The van der Waals surface area contributed by atoms with E-state index in [2.05, 4.69) is 15.4 Å². The van der Waals surface area contributed by atoms with E-state index in [9.17, 15) is 9.59 Å². The highest BCUT2D eigenvalue weighted by molar-refractivity contribution is 5.95. The molecule has 7 heteroatoms. The van der Waals surface area contributed by atoms with Crippen LogP contribution in [0.2, 0.25) is 0 Å². The van der Waals surface area contributed by atoms with Crippen molar-refractivity contribution in [1.29, 1.82) is 0 Å². The monoisotopic (exact) mass is 361 g/mol. The topological polar surface area (TPSA) is 81.8 Å². The molecule has 4 rings (SSSR count). The summed E-state index contributed by atoms with van der Waals surface area (Å²) in [4.78, 5) is 29.5. The zero-order valence-electron chi connectivity index (χ0n) is 15.1. The molecule has 0 spiro atoms. The SMILES string of the molecule is Cc1ccc2c(c1)c(=O)c(C(=O)NCCn1cnc3ccccc31)nn2C. The predicted octanol–water partition coefficient (Wildman–Crippen LogP) is 2.02. The Morgan fingerprint density at radius 3 is 2.81 bits per heavy atom. The summed E-state index contributed by atoms with van der Waals surface area (Å²) >= 11 is 0. The third kappa shape index (κ3) is 3.08. The van der Waals surface area contributed by atoms with Gasteiger partial charge < -0.3 is 9.88 Å². The van der Waals surface area contributed by atoms with E-state index in [1.165, 1.54) is 0 Å². The Bertz CT molecular complexity index is 1220. The van der Waals surface area contributed by atoms with Crippen molar-refractivity contribution in [3.05, 3.63) is 70.3 Å². The van der Waals surface area contributed by atoms with Crippen LogP contribution in [0.25, 0.3) is 21.9 Å². The van der Waals surface area contributed by atoms with E-state index in [1.54, 1.807) is 24.1 Å². The van der Waals surface area contributed by atoms with Gasteiger partial charge in [0.05, 0.1) is 28.3 Å². The number of nitrogens with one attached hydrogen (secondary N) is 1. The molecule has 0 radical (unpaired) electrons. The fourth-order valence-electron chi connectivity index (χ4n) is 3.20. The van der Waals surface area contributed by atoms with Crippen LogP contribution in [0, 0.1) is 6.92 Å². The van der Waals surface area contributed by atoms with Crippen molar-refractivity contribution in [2.75, 3.05) is 6.54 Å². The molecule has 2 aromatic heterocycles. The Morgan fingerprint density at radius 2 is 1.96 bits per heavy atom. The lowest BCUT2D eigenvalue weighted by molar-refractivity contribution is 0.0944. The van der Waals surface area contributed by atoms with Crippen LogP contribution in [-0.4, -0.2) is 31.8 Å². The normalized spacial score (nSPS) is 11.2.